The number of nitrogens with one attached hydrogen (secondary N) is 1. The number of oxazole rings is 1. The van der Waals surface area contributed by atoms with Crippen LogP contribution in [0.3, 0.4) is 0 Å². The Hall–Kier alpha value is -2.80. The number of anilines is 1. The molecule has 1 heterocycles. The van der Waals surface area contributed by atoms with Gasteiger partial charge in [0.1, 0.15) is 5.52 Å². The van der Waals surface area contributed by atoms with Gasteiger partial charge in [0.2, 0.25) is 11.8 Å². The van der Waals surface area contributed by atoms with E-state index in [2.05, 4.69) is 10.3 Å². The van der Waals surface area contributed by atoms with Crippen molar-refractivity contribution < 1.29 is 14.0 Å². The molecule has 0 saturated heterocycles. The third kappa shape index (κ3) is 4.89. The molecule has 3 rings (SSSR count). The predicted molar refractivity (Wildman–Crippen MR) is 107 cm³/mol. The second-order valence-corrected chi connectivity index (χ2v) is 6.97. The Morgan fingerprint density at radius 2 is 1.89 bits per heavy atom. The first-order chi connectivity index (χ1) is 13.1. The Morgan fingerprint density at radius 3 is 2.67 bits per heavy atom. The molecule has 0 aliphatic rings. The molecule has 7 heteroatoms. The van der Waals surface area contributed by atoms with E-state index in [9.17, 15) is 9.59 Å². The minimum atomic E-state index is -0.224. The zero-order valence-corrected chi connectivity index (χ0v) is 16.1. The highest BCUT2D eigenvalue weighted by atomic mass is 32.2. The fraction of sp³-hybridized carbons (Fsp3) is 0.250. The molecule has 1 N–H and O–H groups in total. The fourth-order valence-corrected chi connectivity index (χ4v) is 3.37. The maximum absolute atomic E-state index is 12.3. The lowest BCUT2D eigenvalue weighted by molar-refractivity contribution is -0.131. The molecule has 0 aliphatic heterocycles. The monoisotopic (exact) mass is 383 g/mol. The Morgan fingerprint density at radius 1 is 1.15 bits per heavy atom. The Labute approximate surface area is 161 Å². The van der Waals surface area contributed by atoms with Gasteiger partial charge >= 0.3 is 0 Å². The number of carbonyl (C=O) groups excluding carboxylic acids is 2. The van der Waals surface area contributed by atoms with E-state index < -0.39 is 0 Å². The Kier molecular flexibility index (Phi) is 6.13. The molecule has 2 amide bonds. The van der Waals surface area contributed by atoms with Crippen molar-refractivity contribution in [2.75, 3.05) is 24.7 Å². The lowest BCUT2D eigenvalue weighted by Crippen LogP contribution is -2.36. The molecule has 2 aromatic carbocycles. The van der Waals surface area contributed by atoms with Crippen LogP contribution in [0.4, 0.5) is 5.69 Å². The van der Waals surface area contributed by atoms with Crippen LogP contribution < -0.4 is 5.32 Å². The third-order valence-electron chi connectivity index (χ3n) is 4.07. The molecular formula is C20H21N3O3S. The summed E-state index contributed by atoms with van der Waals surface area (Å²) in [6.07, 6.45) is 0.826. The quantitative estimate of drug-likeness (QED) is 0.631. The lowest BCUT2D eigenvalue weighted by atomic mass is 10.1. The predicted octanol–water partition coefficient (Wildman–Crippen LogP) is 3.58. The van der Waals surface area contributed by atoms with Gasteiger partial charge < -0.3 is 14.6 Å². The highest BCUT2D eigenvalue weighted by Gasteiger charge is 2.16. The average molecular weight is 383 g/mol. The van der Waals surface area contributed by atoms with E-state index in [1.54, 1.807) is 7.05 Å². The molecule has 3 aromatic rings. The molecular weight excluding hydrogens is 362 g/mol. The average Bonchev–Trinajstić information content (AvgIpc) is 3.09. The van der Waals surface area contributed by atoms with Crippen LogP contribution in [-0.2, 0) is 16.0 Å². The molecule has 0 spiro atoms. The Bertz CT molecular complexity index is 921. The maximum Gasteiger partial charge on any atom is 0.257 e. The van der Waals surface area contributed by atoms with Gasteiger partial charge in [-0.05, 0) is 30.2 Å². The van der Waals surface area contributed by atoms with Crippen LogP contribution in [0.1, 0.15) is 12.5 Å². The van der Waals surface area contributed by atoms with Crippen LogP contribution in [0, 0.1) is 0 Å². The van der Waals surface area contributed by atoms with Crippen molar-refractivity contribution in [3.63, 3.8) is 0 Å². The second kappa shape index (κ2) is 8.73. The number of para-hydroxylation sites is 3. The van der Waals surface area contributed by atoms with Gasteiger partial charge in [-0.25, -0.2) is 4.98 Å². The summed E-state index contributed by atoms with van der Waals surface area (Å²) in [6, 6.07) is 15.1. The molecule has 6 nitrogen and oxygen atoms in total. The molecule has 27 heavy (non-hydrogen) atoms. The normalized spacial score (nSPS) is 10.7. The minimum Gasteiger partial charge on any atom is -0.431 e. The highest BCUT2D eigenvalue weighted by molar-refractivity contribution is 7.99. The third-order valence-corrected chi connectivity index (χ3v) is 4.89. The van der Waals surface area contributed by atoms with Gasteiger partial charge in [0.05, 0.1) is 12.3 Å². The van der Waals surface area contributed by atoms with Crippen molar-refractivity contribution >= 4 is 40.4 Å². The van der Waals surface area contributed by atoms with E-state index in [1.165, 1.54) is 16.7 Å². The smallest absolute Gasteiger partial charge is 0.257 e. The van der Waals surface area contributed by atoms with E-state index in [0.29, 0.717) is 10.8 Å². The number of benzene rings is 2. The van der Waals surface area contributed by atoms with Crippen molar-refractivity contribution in [2.45, 2.75) is 18.6 Å². The highest BCUT2D eigenvalue weighted by Crippen LogP contribution is 2.23. The van der Waals surface area contributed by atoms with Gasteiger partial charge in [0.25, 0.3) is 5.22 Å². The van der Waals surface area contributed by atoms with Gasteiger partial charge in [-0.2, -0.15) is 0 Å². The van der Waals surface area contributed by atoms with E-state index in [4.69, 9.17) is 4.42 Å². The zero-order valence-electron chi connectivity index (χ0n) is 15.3. The number of amides is 2. The SMILES string of the molecule is CCc1ccccc1NC(=O)CN(C)C(=O)CSc1nc2ccccc2o1. The number of rotatable bonds is 7. The number of likely N-dealkylation sites (N-methyl/N-ethyl adjacent to an activating group) is 1. The van der Waals surface area contributed by atoms with Gasteiger partial charge in [0, 0.05) is 12.7 Å². The van der Waals surface area contributed by atoms with E-state index in [1.807, 2.05) is 55.5 Å². The van der Waals surface area contributed by atoms with Crippen LogP contribution in [0.5, 0.6) is 0 Å². The van der Waals surface area contributed by atoms with Gasteiger partial charge in [-0.3, -0.25) is 9.59 Å². The fourth-order valence-electron chi connectivity index (χ4n) is 2.59. The summed E-state index contributed by atoms with van der Waals surface area (Å²) in [5.74, 6) is -0.234. The van der Waals surface area contributed by atoms with Gasteiger partial charge in [0.15, 0.2) is 5.58 Å². The zero-order chi connectivity index (χ0) is 19.2. The summed E-state index contributed by atoms with van der Waals surface area (Å²) in [5.41, 5.74) is 3.29. The molecule has 1 aromatic heterocycles. The summed E-state index contributed by atoms with van der Waals surface area (Å²) >= 11 is 1.22. The van der Waals surface area contributed by atoms with Crippen LogP contribution in [-0.4, -0.2) is 41.0 Å². The lowest BCUT2D eigenvalue weighted by Gasteiger charge is -2.17. The summed E-state index contributed by atoms with van der Waals surface area (Å²) in [5, 5.41) is 3.31. The number of carbonyl (C=O) groups is 2. The molecule has 0 atom stereocenters. The van der Waals surface area contributed by atoms with Crippen LogP contribution in [0.25, 0.3) is 11.1 Å². The number of aromatic nitrogens is 1. The first-order valence-corrected chi connectivity index (χ1v) is 9.65. The topological polar surface area (TPSA) is 75.4 Å². The van der Waals surface area contributed by atoms with Crippen molar-refractivity contribution in [3.05, 3.63) is 54.1 Å². The standard InChI is InChI=1S/C20H21N3O3S/c1-3-14-8-4-5-9-15(14)21-18(24)12-23(2)19(25)13-27-20-22-16-10-6-7-11-17(16)26-20/h4-11H,3,12-13H2,1-2H3,(H,21,24). The van der Waals surface area contributed by atoms with Crippen molar-refractivity contribution in [1.82, 2.24) is 9.88 Å². The molecule has 0 bridgehead atoms. The van der Waals surface area contributed by atoms with E-state index in [0.717, 1.165) is 23.2 Å². The van der Waals surface area contributed by atoms with Crippen LogP contribution in [0.2, 0.25) is 0 Å². The summed E-state index contributed by atoms with van der Waals surface area (Å²) < 4.78 is 5.59. The molecule has 0 saturated carbocycles. The Balaban J connectivity index is 1.51. The van der Waals surface area contributed by atoms with Crippen molar-refractivity contribution in [2.24, 2.45) is 0 Å². The van der Waals surface area contributed by atoms with Crippen LogP contribution >= 0.6 is 11.8 Å². The van der Waals surface area contributed by atoms with Gasteiger partial charge in [-0.1, -0.05) is 49.0 Å². The number of hydrogen-bond donors (Lipinski definition) is 1. The van der Waals surface area contributed by atoms with E-state index in [-0.39, 0.29) is 24.1 Å². The van der Waals surface area contributed by atoms with Gasteiger partial charge in [-0.15, -0.1) is 0 Å². The first kappa shape index (κ1) is 19.0. The van der Waals surface area contributed by atoms with Crippen molar-refractivity contribution in [1.29, 1.82) is 0 Å². The molecule has 0 unspecified atom stereocenters. The molecule has 0 aliphatic carbocycles. The van der Waals surface area contributed by atoms with Crippen LogP contribution in [0.15, 0.2) is 58.2 Å². The molecule has 0 fully saturated rings. The summed E-state index contributed by atoms with van der Waals surface area (Å²) in [7, 11) is 1.61. The number of thioether (sulfide) groups is 1. The van der Waals surface area contributed by atoms with Crippen molar-refractivity contribution in [3.8, 4) is 0 Å². The number of fused-ring (bicyclic) bond motifs is 1. The largest absolute Gasteiger partial charge is 0.431 e. The molecule has 0 radical (unpaired) electrons. The number of hydrogen-bond acceptors (Lipinski definition) is 5. The number of aryl methyl sites for hydroxylation is 1. The first-order valence-electron chi connectivity index (χ1n) is 8.67. The maximum atomic E-state index is 12.3. The molecule has 140 valence electrons. The number of nitrogens with zero attached hydrogens (tertiary/aromatic N) is 2. The second-order valence-electron chi connectivity index (χ2n) is 6.04. The summed E-state index contributed by atoms with van der Waals surface area (Å²) in [4.78, 5) is 30.3. The van der Waals surface area contributed by atoms with E-state index >= 15 is 0 Å². The summed E-state index contributed by atoms with van der Waals surface area (Å²) in [6.45, 7) is 2.02. The minimum absolute atomic E-state index is 0.00893.